The standard InChI is InChI=1S/C14H21N3O/c1-4-12(18)13(15)14-16-10-6-5-9(8(2)3)7-11(10)17-14/h5-8,12-13,18H,4,15H2,1-3H3,(H,16,17)/t12-,13+/m1/s1. The van der Waals surface area contributed by atoms with Crippen molar-refractivity contribution in [2.45, 2.75) is 45.3 Å². The van der Waals surface area contributed by atoms with Gasteiger partial charge in [0.2, 0.25) is 0 Å². The number of imidazole rings is 1. The number of benzene rings is 1. The second-order valence-corrected chi connectivity index (χ2v) is 5.05. The molecule has 0 bridgehead atoms. The molecule has 2 rings (SSSR count). The number of nitrogens with zero attached hydrogens (tertiary/aromatic N) is 1. The Morgan fingerprint density at radius 2 is 2.11 bits per heavy atom. The molecule has 0 spiro atoms. The number of aromatic amines is 1. The van der Waals surface area contributed by atoms with Crippen molar-refractivity contribution in [1.29, 1.82) is 0 Å². The molecule has 2 aromatic rings. The van der Waals surface area contributed by atoms with Crippen molar-refractivity contribution in [2.75, 3.05) is 0 Å². The van der Waals surface area contributed by atoms with Crippen LogP contribution in [0.25, 0.3) is 11.0 Å². The van der Waals surface area contributed by atoms with Crippen LogP contribution in [0, 0.1) is 0 Å². The van der Waals surface area contributed by atoms with Crippen molar-refractivity contribution < 1.29 is 5.11 Å². The number of aromatic nitrogens is 2. The van der Waals surface area contributed by atoms with Crippen LogP contribution in [0.15, 0.2) is 18.2 Å². The van der Waals surface area contributed by atoms with E-state index >= 15 is 0 Å². The van der Waals surface area contributed by atoms with Gasteiger partial charge in [-0.2, -0.15) is 0 Å². The summed E-state index contributed by atoms with van der Waals surface area (Å²) >= 11 is 0. The van der Waals surface area contributed by atoms with Crippen molar-refractivity contribution in [3.8, 4) is 0 Å². The molecular formula is C14H21N3O. The molecule has 0 aliphatic rings. The molecule has 0 aliphatic carbocycles. The summed E-state index contributed by atoms with van der Waals surface area (Å²) in [5.74, 6) is 1.13. The molecule has 0 unspecified atom stereocenters. The predicted molar refractivity (Wildman–Crippen MR) is 73.4 cm³/mol. The third-order valence-electron chi connectivity index (χ3n) is 3.34. The van der Waals surface area contributed by atoms with Crippen LogP contribution in [-0.2, 0) is 0 Å². The summed E-state index contributed by atoms with van der Waals surface area (Å²) in [5, 5.41) is 9.76. The van der Waals surface area contributed by atoms with Crippen molar-refractivity contribution in [1.82, 2.24) is 9.97 Å². The summed E-state index contributed by atoms with van der Waals surface area (Å²) in [7, 11) is 0. The Balaban J connectivity index is 2.38. The van der Waals surface area contributed by atoms with Crippen LogP contribution in [0.4, 0.5) is 0 Å². The highest BCUT2D eigenvalue weighted by molar-refractivity contribution is 5.76. The van der Waals surface area contributed by atoms with E-state index in [4.69, 9.17) is 5.73 Å². The number of fused-ring (bicyclic) bond motifs is 1. The van der Waals surface area contributed by atoms with E-state index in [9.17, 15) is 5.11 Å². The number of aliphatic hydroxyl groups excluding tert-OH is 1. The zero-order chi connectivity index (χ0) is 13.3. The van der Waals surface area contributed by atoms with Crippen molar-refractivity contribution in [3.63, 3.8) is 0 Å². The summed E-state index contributed by atoms with van der Waals surface area (Å²) in [5.41, 5.74) is 9.10. The quantitative estimate of drug-likeness (QED) is 0.777. The number of H-pyrrole nitrogens is 1. The predicted octanol–water partition coefficient (Wildman–Crippen LogP) is 2.46. The molecule has 4 heteroatoms. The van der Waals surface area contributed by atoms with Gasteiger partial charge in [0.15, 0.2) is 0 Å². The van der Waals surface area contributed by atoms with Crippen LogP contribution >= 0.6 is 0 Å². The lowest BCUT2D eigenvalue weighted by Crippen LogP contribution is -2.26. The Morgan fingerprint density at radius 1 is 1.39 bits per heavy atom. The fourth-order valence-electron chi connectivity index (χ4n) is 2.00. The molecule has 4 nitrogen and oxygen atoms in total. The molecule has 1 aromatic heterocycles. The topological polar surface area (TPSA) is 74.9 Å². The maximum Gasteiger partial charge on any atom is 0.126 e. The summed E-state index contributed by atoms with van der Waals surface area (Å²) in [6, 6.07) is 5.73. The molecule has 1 heterocycles. The van der Waals surface area contributed by atoms with Gasteiger partial charge in [-0.15, -0.1) is 0 Å². The average molecular weight is 247 g/mol. The first-order valence-corrected chi connectivity index (χ1v) is 6.46. The minimum atomic E-state index is -0.560. The maximum atomic E-state index is 9.76. The average Bonchev–Trinajstić information content (AvgIpc) is 2.79. The second kappa shape index (κ2) is 5.08. The van der Waals surface area contributed by atoms with Gasteiger partial charge in [-0.1, -0.05) is 26.8 Å². The first kappa shape index (κ1) is 13.1. The summed E-state index contributed by atoms with van der Waals surface area (Å²) in [4.78, 5) is 7.66. The fourth-order valence-corrected chi connectivity index (χ4v) is 2.00. The minimum Gasteiger partial charge on any atom is -0.391 e. The van der Waals surface area contributed by atoms with E-state index in [2.05, 4.69) is 35.9 Å². The van der Waals surface area contributed by atoms with Crippen molar-refractivity contribution in [3.05, 3.63) is 29.6 Å². The molecule has 4 N–H and O–H groups in total. The Morgan fingerprint density at radius 3 is 2.72 bits per heavy atom. The molecular weight excluding hydrogens is 226 g/mol. The summed E-state index contributed by atoms with van der Waals surface area (Å²) in [6.07, 6.45) is 0.0604. The first-order chi connectivity index (χ1) is 8.52. The number of rotatable bonds is 4. The lowest BCUT2D eigenvalue weighted by molar-refractivity contribution is 0.138. The van der Waals surface area contributed by atoms with E-state index in [0.717, 1.165) is 11.0 Å². The lowest BCUT2D eigenvalue weighted by Gasteiger charge is -2.14. The zero-order valence-electron chi connectivity index (χ0n) is 11.1. The van der Waals surface area contributed by atoms with Gasteiger partial charge in [0.05, 0.1) is 23.2 Å². The van der Waals surface area contributed by atoms with E-state index in [0.29, 0.717) is 18.2 Å². The van der Waals surface area contributed by atoms with Gasteiger partial charge in [0.25, 0.3) is 0 Å². The molecule has 0 saturated heterocycles. The number of nitrogens with one attached hydrogen (secondary N) is 1. The van der Waals surface area contributed by atoms with E-state index < -0.39 is 12.1 Å². The molecule has 0 amide bonds. The first-order valence-electron chi connectivity index (χ1n) is 6.46. The normalized spacial score (nSPS) is 15.2. The molecule has 0 fully saturated rings. The largest absolute Gasteiger partial charge is 0.391 e. The van der Waals surface area contributed by atoms with Crippen LogP contribution in [-0.4, -0.2) is 21.2 Å². The minimum absolute atomic E-state index is 0.454. The zero-order valence-corrected chi connectivity index (χ0v) is 11.1. The van der Waals surface area contributed by atoms with Gasteiger partial charge in [-0.25, -0.2) is 4.98 Å². The molecule has 0 radical (unpaired) electrons. The summed E-state index contributed by atoms with van der Waals surface area (Å²) in [6.45, 7) is 6.21. The van der Waals surface area contributed by atoms with E-state index in [1.54, 1.807) is 0 Å². The number of hydrogen-bond donors (Lipinski definition) is 3. The van der Waals surface area contributed by atoms with Gasteiger partial charge < -0.3 is 15.8 Å². The summed E-state index contributed by atoms with van der Waals surface area (Å²) < 4.78 is 0. The molecule has 18 heavy (non-hydrogen) atoms. The highest BCUT2D eigenvalue weighted by atomic mass is 16.3. The van der Waals surface area contributed by atoms with Crippen LogP contribution in [0.1, 0.15) is 50.5 Å². The number of hydrogen-bond acceptors (Lipinski definition) is 3. The third kappa shape index (κ3) is 2.40. The van der Waals surface area contributed by atoms with Gasteiger partial charge in [-0.05, 0) is 30.0 Å². The molecule has 2 atom stereocenters. The van der Waals surface area contributed by atoms with Crippen molar-refractivity contribution in [2.24, 2.45) is 5.73 Å². The molecule has 98 valence electrons. The Bertz CT molecular complexity index is 533. The number of nitrogens with two attached hydrogens (primary N) is 1. The Hall–Kier alpha value is -1.39. The monoisotopic (exact) mass is 247 g/mol. The van der Waals surface area contributed by atoms with Gasteiger partial charge in [-0.3, -0.25) is 0 Å². The van der Waals surface area contributed by atoms with Crippen LogP contribution in [0.2, 0.25) is 0 Å². The van der Waals surface area contributed by atoms with Gasteiger partial charge in [0.1, 0.15) is 5.82 Å². The molecule has 0 aliphatic heterocycles. The molecule has 1 aromatic carbocycles. The van der Waals surface area contributed by atoms with E-state index in [-0.39, 0.29) is 0 Å². The van der Waals surface area contributed by atoms with Gasteiger partial charge in [0, 0.05) is 0 Å². The number of aliphatic hydroxyl groups is 1. The van der Waals surface area contributed by atoms with Crippen LogP contribution in [0.5, 0.6) is 0 Å². The van der Waals surface area contributed by atoms with E-state index in [1.165, 1.54) is 5.56 Å². The lowest BCUT2D eigenvalue weighted by atomic mass is 10.0. The smallest absolute Gasteiger partial charge is 0.126 e. The van der Waals surface area contributed by atoms with E-state index in [1.807, 2.05) is 13.0 Å². The van der Waals surface area contributed by atoms with Crippen LogP contribution in [0.3, 0.4) is 0 Å². The maximum absolute atomic E-state index is 9.76. The second-order valence-electron chi connectivity index (χ2n) is 5.05. The molecule has 0 saturated carbocycles. The third-order valence-corrected chi connectivity index (χ3v) is 3.34. The van der Waals surface area contributed by atoms with Gasteiger partial charge >= 0.3 is 0 Å². The van der Waals surface area contributed by atoms with Crippen LogP contribution < -0.4 is 5.73 Å². The SMILES string of the molecule is CC[C@@H](O)[C@H](N)c1nc2cc(C(C)C)ccc2[nH]1. The highest BCUT2D eigenvalue weighted by Gasteiger charge is 2.18. The van der Waals surface area contributed by atoms with Crippen molar-refractivity contribution >= 4 is 11.0 Å². The Kier molecular flexibility index (Phi) is 3.68. The Labute approximate surface area is 107 Å². The fraction of sp³-hybridized carbons (Fsp3) is 0.500. The highest BCUT2D eigenvalue weighted by Crippen LogP contribution is 2.22.